The molecule has 0 spiro atoms. The van der Waals surface area contributed by atoms with E-state index in [1.54, 1.807) is 0 Å². The van der Waals surface area contributed by atoms with E-state index in [0.717, 1.165) is 17.9 Å². The summed E-state index contributed by atoms with van der Waals surface area (Å²) in [5.41, 5.74) is 0. The molecule has 0 bridgehead atoms. The molecule has 0 aromatic carbocycles. The van der Waals surface area contributed by atoms with Gasteiger partial charge in [-0.3, -0.25) is 0 Å². The summed E-state index contributed by atoms with van der Waals surface area (Å²) in [5.74, 6) is 2.03. The fourth-order valence-corrected chi connectivity index (χ4v) is 2.50. The molecule has 1 aliphatic heterocycles. The van der Waals surface area contributed by atoms with Crippen LogP contribution in [0.15, 0.2) is 0 Å². The van der Waals surface area contributed by atoms with Crippen molar-refractivity contribution in [3.05, 3.63) is 0 Å². The summed E-state index contributed by atoms with van der Waals surface area (Å²) in [6.07, 6.45) is 4.10. The predicted octanol–water partition coefficient (Wildman–Crippen LogP) is 1.72. The molecule has 1 saturated heterocycles. The quantitative estimate of drug-likeness (QED) is 0.739. The third-order valence-electron chi connectivity index (χ3n) is 3.92. The maximum Gasteiger partial charge on any atom is 0.0107 e. The Kier molecular flexibility index (Phi) is 3.45. The Labute approximate surface area is 88.1 Å². The summed E-state index contributed by atoms with van der Waals surface area (Å²) >= 11 is 0. The second kappa shape index (κ2) is 4.63. The van der Waals surface area contributed by atoms with Crippen LogP contribution in [-0.2, 0) is 0 Å². The van der Waals surface area contributed by atoms with E-state index in [1.807, 2.05) is 0 Å². The molecule has 2 nitrogen and oxygen atoms in total. The Hall–Kier alpha value is -0.0800. The van der Waals surface area contributed by atoms with E-state index in [0.29, 0.717) is 0 Å². The maximum absolute atomic E-state index is 3.62. The zero-order chi connectivity index (χ0) is 9.97. The lowest BCUT2D eigenvalue weighted by Gasteiger charge is -2.19. The molecular weight excluding hydrogens is 172 g/mol. The molecule has 1 aliphatic carbocycles. The Morgan fingerprint density at radius 3 is 2.79 bits per heavy atom. The minimum Gasteiger partial charge on any atom is -0.313 e. The van der Waals surface area contributed by atoms with Crippen molar-refractivity contribution in [2.45, 2.75) is 39.2 Å². The fraction of sp³-hybridized carbons (Fsp3) is 1.00. The first-order chi connectivity index (χ1) is 6.79. The van der Waals surface area contributed by atoms with E-state index < -0.39 is 0 Å². The molecule has 3 atom stereocenters. The zero-order valence-electron chi connectivity index (χ0n) is 9.63. The normalized spacial score (nSPS) is 39.4. The maximum atomic E-state index is 3.62. The summed E-state index contributed by atoms with van der Waals surface area (Å²) < 4.78 is 0. The van der Waals surface area contributed by atoms with Gasteiger partial charge in [-0.05, 0) is 37.6 Å². The van der Waals surface area contributed by atoms with Crippen LogP contribution in [0.3, 0.4) is 0 Å². The highest BCUT2D eigenvalue weighted by molar-refractivity contribution is 4.86. The number of nitrogens with one attached hydrogen (secondary N) is 1. The van der Waals surface area contributed by atoms with Crippen molar-refractivity contribution in [1.29, 1.82) is 0 Å². The summed E-state index contributed by atoms with van der Waals surface area (Å²) in [7, 11) is 0. The van der Waals surface area contributed by atoms with Crippen LogP contribution in [0.2, 0.25) is 0 Å². The van der Waals surface area contributed by atoms with Crippen LogP contribution < -0.4 is 5.32 Å². The first-order valence-electron chi connectivity index (χ1n) is 6.25. The summed E-state index contributed by atoms with van der Waals surface area (Å²) in [6.45, 7) is 9.80. The molecule has 2 heteroatoms. The Morgan fingerprint density at radius 1 is 1.36 bits per heavy atom. The van der Waals surface area contributed by atoms with E-state index in [9.17, 15) is 0 Å². The molecule has 1 saturated carbocycles. The molecule has 14 heavy (non-hydrogen) atoms. The summed E-state index contributed by atoms with van der Waals surface area (Å²) in [4.78, 5) is 2.66. The Morgan fingerprint density at radius 2 is 2.14 bits per heavy atom. The molecule has 82 valence electrons. The molecule has 0 aromatic rings. The second-order valence-electron chi connectivity index (χ2n) is 5.12. The molecule has 1 N–H and O–H groups in total. The number of nitrogens with zero attached hydrogens (tertiary/aromatic N) is 1. The van der Waals surface area contributed by atoms with Crippen molar-refractivity contribution >= 4 is 0 Å². The van der Waals surface area contributed by atoms with Gasteiger partial charge < -0.3 is 10.2 Å². The van der Waals surface area contributed by atoms with Gasteiger partial charge in [-0.2, -0.15) is 0 Å². The minimum absolute atomic E-state index is 0.775. The third-order valence-corrected chi connectivity index (χ3v) is 3.92. The van der Waals surface area contributed by atoms with Crippen LogP contribution >= 0.6 is 0 Å². The highest BCUT2D eigenvalue weighted by atomic mass is 15.2. The lowest BCUT2D eigenvalue weighted by Crippen LogP contribution is -2.31. The first-order valence-corrected chi connectivity index (χ1v) is 6.25. The molecule has 2 fully saturated rings. The average molecular weight is 196 g/mol. The highest BCUT2D eigenvalue weighted by Crippen LogP contribution is 2.38. The topological polar surface area (TPSA) is 15.3 Å². The number of rotatable bonds is 3. The molecule has 0 amide bonds. The van der Waals surface area contributed by atoms with E-state index in [4.69, 9.17) is 0 Å². The van der Waals surface area contributed by atoms with Gasteiger partial charge in [0.15, 0.2) is 0 Å². The van der Waals surface area contributed by atoms with Gasteiger partial charge in [0.25, 0.3) is 0 Å². The zero-order valence-corrected chi connectivity index (χ0v) is 9.63. The lowest BCUT2D eigenvalue weighted by molar-refractivity contribution is 0.274. The van der Waals surface area contributed by atoms with E-state index in [1.165, 1.54) is 45.4 Å². The lowest BCUT2D eigenvalue weighted by atomic mass is 10.1. The van der Waals surface area contributed by atoms with Crippen molar-refractivity contribution in [3.63, 3.8) is 0 Å². The molecule has 0 aromatic heterocycles. The van der Waals surface area contributed by atoms with Crippen molar-refractivity contribution in [1.82, 2.24) is 10.2 Å². The van der Waals surface area contributed by atoms with Gasteiger partial charge in [-0.1, -0.05) is 13.8 Å². The first kappa shape index (κ1) is 10.4. The summed E-state index contributed by atoms with van der Waals surface area (Å²) in [6, 6.07) is 0.775. The van der Waals surface area contributed by atoms with E-state index in [2.05, 4.69) is 24.1 Å². The van der Waals surface area contributed by atoms with Crippen molar-refractivity contribution in [2.75, 3.05) is 26.2 Å². The summed E-state index contributed by atoms with van der Waals surface area (Å²) in [5, 5.41) is 3.62. The fourth-order valence-electron chi connectivity index (χ4n) is 2.50. The van der Waals surface area contributed by atoms with Crippen LogP contribution in [0.1, 0.15) is 33.1 Å². The third kappa shape index (κ3) is 2.71. The molecule has 3 unspecified atom stereocenters. The van der Waals surface area contributed by atoms with Gasteiger partial charge in [0.05, 0.1) is 0 Å². The van der Waals surface area contributed by atoms with Crippen LogP contribution in [0.5, 0.6) is 0 Å². The molecule has 2 aliphatic rings. The average Bonchev–Trinajstić information content (AvgIpc) is 2.91. The molecular formula is C12H24N2. The smallest absolute Gasteiger partial charge is 0.0107 e. The van der Waals surface area contributed by atoms with Crippen molar-refractivity contribution in [3.8, 4) is 0 Å². The Balaban J connectivity index is 1.72. The minimum atomic E-state index is 0.775. The molecule has 0 radical (unpaired) electrons. The van der Waals surface area contributed by atoms with Gasteiger partial charge in [0.2, 0.25) is 0 Å². The number of hydrogen-bond donors (Lipinski definition) is 1. The van der Waals surface area contributed by atoms with Gasteiger partial charge in [0.1, 0.15) is 0 Å². The van der Waals surface area contributed by atoms with Crippen LogP contribution in [-0.4, -0.2) is 37.1 Å². The number of hydrogen-bond acceptors (Lipinski definition) is 2. The van der Waals surface area contributed by atoms with Gasteiger partial charge >= 0.3 is 0 Å². The second-order valence-corrected chi connectivity index (χ2v) is 5.12. The predicted molar refractivity (Wildman–Crippen MR) is 60.4 cm³/mol. The van der Waals surface area contributed by atoms with E-state index >= 15 is 0 Å². The monoisotopic (exact) mass is 196 g/mol. The van der Waals surface area contributed by atoms with Crippen LogP contribution in [0.25, 0.3) is 0 Å². The molecule has 1 heterocycles. The highest BCUT2D eigenvalue weighted by Gasteiger charge is 2.34. The van der Waals surface area contributed by atoms with Gasteiger partial charge in [0, 0.05) is 25.7 Å². The Bertz CT molecular complexity index is 181. The van der Waals surface area contributed by atoms with Crippen molar-refractivity contribution in [2.24, 2.45) is 11.8 Å². The van der Waals surface area contributed by atoms with E-state index in [-0.39, 0.29) is 0 Å². The SMILES string of the molecule is CCC1CCN(CC2CC2C)CCN1. The van der Waals surface area contributed by atoms with Crippen LogP contribution in [0, 0.1) is 11.8 Å². The standard InChI is InChI=1S/C12H24N2/c1-3-12-4-6-14(7-5-13-12)9-11-8-10(11)2/h10-13H,3-9H2,1-2H3. The van der Waals surface area contributed by atoms with Gasteiger partial charge in [-0.15, -0.1) is 0 Å². The molecule has 2 rings (SSSR count). The van der Waals surface area contributed by atoms with Crippen molar-refractivity contribution < 1.29 is 0 Å². The van der Waals surface area contributed by atoms with Gasteiger partial charge in [-0.25, -0.2) is 0 Å². The largest absolute Gasteiger partial charge is 0.313 e. The van der Waals surface area contributed by atoms with Crippen LogP contribution in [0.4, 0.5) is 0 Å².